The van der Waals surface area contributed by atoms with Crippen molar-refractivity contribution in [2.24, 2.45) is 0 Å². The van der Waals surface area contributed by atoms with Gasteiger partial charge < -0.3 is 5.32 Å². The lowest BCUT2D eigenvalue weighted by molar-refractivity contribution is 0.102. The molecule has 1 amide bonds. The lowest BCUT2D eigenvalue weighted by Gasteiger charge is -2.19. The standard InChI is InChI=1S/C18H19N3O3S/c1-13-4-7-15(12-17(13)21(2)25(3,23)24)18(22)20-16-8-5-14(6-9-16)10-11-19/h4-9,12H,10H2,1-3H3,(H,20,22). The molecule has 0 spiro atoms. The van der Waals surface area contributed by atoms with Gasteiger partial charge in [0, 0.05) is 18.3 Å². The van der Waals surface area contributed by atoms with E-state index in [-0.39, 0.29) is 5.91 Å². The van der Waals surface area contributed by atoms with Crippen molar-refractivity contribution in [2.75, 3.05) is 22.9 Å². The van der Waals surface area contributed by atoms with Crippen molar-refractivity contribution in [1.29, 1.82) is 5.26 Å². The van der Waals surface area contributed by atoms with Gasteiger partial charge in [0.05, 0.1) is 24.4 Å². The molecule has 1 N–H and O–H groups in total. The predicted octanol–water partition coefficient (Wildman–Crippen LogP) is 2.71. The summed E-state index contributed by atoms with van der Waals surface area (Å²) in [5, 5.41) is 11.4. The topological polar surface area (TPSA) is 90.3 Å². The van der Waals surface area contributed by atoms with Gasteiger partial charge in [-0.15, -0.1) is 0 Å². The first-order valence-corrected chi connectivity index (χ1v) is 9.39. The molecule has 7 heteroatoms. The Labute approximate surface area is 147 Å². The normalized spacial score (nSPS) is 10.8. The Morgan fingerprint density at radius 3 is 2.40 bits per heavy atom. The summed E-state index contributed by atoms with van der Waals surface area (Å²) in [6, 6.07) is 14.0. The summed E-state index contributed by atoms with van der Waals surface area (Å²) in [6.07, 6.45) is 1.43. The van der Waals surface area contributed by atoms with Crippen LogP contribution in [0.1, 0.15) is 21.5 Å². The fraction of sp³-hybridized carbons (Fsp3) is 0.222. The summed E-state index contributed by atoms with van der Waals surface area (Å²) >= 11 is 0. The smallest absolute Gasteiger partial charge is 0.255 e. The fourth-order valence-corrected chi connectivity index (χ4v) is 2.82. The van der Waals surface area contributed by atoms with E-state index in [1.165, 1.54) is 7.05 Å². The highest BCUT2D eigenvalue weighted by atomic mass is 32.2. The van der Waals surface area contributed by atoms with Gasteiger partial charge in [-0.3, -0.25) is 9.10 Å². The third-order valence-electron chi connectivity index (χ3n) is 3.80. The second-order valence-electron chi connectivity index (χ2n) is 5.72. The zero-order valence-corrected chi connectivity index (χ0v) is 15.1. The van der Waals surface area contributed by atoms with E-state index in [2.05, 4.69) is 11.4 Å². The number of rotatable bonds is 5. The predicted molar refractivity (Wildman–Crippen MR) is 98.1 cm³/mol. The van der Waals surface area contributed by atoms with Crippen LogP contribution in [0.5, 0.6) is 0 Å². The molecular weight excluding hydrogens is 338 g/mol. The second kappa shape index (κ2) is 7.36. The second-order valence-corrected chi connectivity index (χ2v) is 7.73. The maximum absolute atomic E-state index is 12.4. The molecule has 0 atom stereocenters. The number of amides is 1. The van der Waals surface area contributed by atoms with Crippen LogP contribution in [0, 0.1) is 18.3 Å². The molecular formula is C18H19N3O3S. The first-order valence-electron chi connectivity index (χ1n) is 7.54. The van der Waals surface area contributed by atoms with E-state index in [1.54, 1.807) is 49.4 Å². The number of carbonyl (C=O) groups excluding carboxylic acids is 1. The van der Waals surface area contributed by atoms with Gasteiger partial charge >= 0.3 is 0 Å². The van der Waals surface area contributed by atoms with Crippen LogP contribution in [0.15, 0.2) is 42.5 Å². The molecule has 2 rings (SSSR count). The highest BCUT2D eigenvalue weighted by molar-refractivity contribution is 7.92. The van der Waals surface area contributed by atoms with Crippen molar-refractivity contribution >= 4 is 27.3 Å². The van der Waals surface area contributed by atoms with Gasteiger partial charge in [0.25, 0.3) is 5.91 Å². The summed E-state index contributed by atoms with van der Waals surface area (Å²) < 4.78 is 24.6. The van der Waals surface area contributed by atoms with E-state index in [4.69, 9.17) is 5.26 Å². The number of benzene rings is 2. The lowest BCUT2D eigenvalue weighted by Crippen LogP contribution is -2.26. The highest BCUT2D eigenvalue weighted by Crippen LogP contribution is 2.23. The molecule has 0 saturated carbocycles. The monoisotopic (exact) mass is 357 g/mol. The first-order chi connectivity index (χ1) is 11.7. The number of anilines is 2. The summed E-state index contributed by atoms with van der Waals surface area (Å²) in [5.41, 5.74) is 3.04. The molecule has 0 aliphatic heterocycles. The van der Waals surface area contributed by atoms with Crippen molar-refractivity contribution in [3.05, 3.63) is 59.2 Å². The SMILES string of the molecule is Cc1ccc(C(=O)Nc2ccc(CC#N)cc2)cc1N(C)S(C)(=O)=O. The van der Waals surface area contributed by atoms with E-state index in [9.17, 15) is 13.2 Å². The molecule has 0 bridgehead atoms. The van der Waals surface area contributed by atoms with Crippen molar-refractivity contribution in [3.8, 4) is 6.07 Å². The Morgan fingerprint density at radius 1 is 1.20 bits per heavy atom. The van der Waals surface area contributed by atoms with Gasteiger partial charge in [-0.25, -0.2) is 8.42 Å². The maximum Gasteiger partial charge on any atom is 0.255 e. The number of sulfonamides is 1. The highest BCUT2D eigenvalue weighted by Gasteiger charge is 2.16. The Bertz CT molecular complexity index is 929. The molecule has 0 aromatic heterocycles. The van der Waals surface area contributed by atoms with Crippen molar-refractivity contribution in [2.45, 2.75) is 13.3 Å². The van der Waals surface area contributed by atoms with Gasteiger partial charge in [-0.2, -0.15) is 5.26 Å². The summed E-state index contributed by atoms with van der Waals surface area (Å²) in [7, 11) is -1.96. The Morgan fingerprint density at radius 2 is 1.84 bits per heavy atom. The first kappa shape index (κ1) is 18.5. The van der Waals surface area contributed by atoms with Crippen LogP contribution in [0.4, 0.5) is 11.4 Å². The van der Waals surface area contributed by atoms with Gasteiger partial charge in [-0.05, 0) is 42.3 Å². The number of hydrogen-bond donors (Lipinski definition) is 1. The van der Waals surface area contributed by atoms with Crippen LogP contribution in [-0.4, -0.2) is 27.6 Å². The average Bonchev–Trinajstić information content (AvgIpc) is 2.56. The molecule has 6 nitrogen and oxygen atoms in total. The zero-order chi connectivity index (χ0) is 18.6. The molecule has 0 fully saturated rings. The average molecular weight is 357 g/mol. The summed E-state index contributed by atoms with van der Waals surface area (Å²) in [4.78, 5) is 12.4. The zero-order valence-electron chi connectivity index (χ0n) is 14.3. The molecule has 2 aromatic carbocycles. The number of hydrogen-bond acceptors (Lipinski definition) is 4. The molecule has 25 heavy (non-hydrogen) atoms. The number of nitrogens with zero attached hydrogens (tertiary/aromatic N) is 2. The number of nitrogens with one attached hydrogen (secondary N) is 1. The van der Waals surface area contributed by atoms with Crippen molar-refractivity contribution in [3.63, 3.8) is 0 Å². The van der Waals surface area contributed by atoms with Crippen LogP contribution >= 0.6 is 0 Å². The van der Waals surface area contributed by atoms with Crippen LogP contribution in [0.25, 0.3) is 0 Å². The third kappa shape index (κ3) is 4.58. The van der Waals surface area contributed by atoms with Crippen LogP contribution in [-0.2, 0) is 16.4 Å². The maximum atomic E-state index is 12.4. The number of nitriles is 1. The minimum absolute atomic E-state index is 0.313. The van der Waals surface area contributed by atoms with Crippen molar-refractivity contribution in [1.82, 2.24) is 0 Å². The van der Waals surface area contributed by atoms with Gasteiger partial charge in [-0.1, -0.05) is 18.2 Å². The molecule has 0 heterocycles. The minimum Gasteiger partial charge on any atom is -0.322 e. The van der Waals surface area contributed by atoms with Crippen LogP contribution in [0.2, 0.25) is 0 Å². The van der Waals surface area contributed by atoms with Gasteiger partial charge in [0.1, 0.15) is 0 Å². The van der Waals surface area contributed by atoms with E-state index in [0.717, 1.165) is 21.7 Å². The Balaban J connectivity index is 2.24. The minimum atomic E-state index is -3.41. The van der Waals surface area contributed by atoms with Gasteiger partial charge in [0.2, 0.25) is 10.0 Å². The van der Waals surface area contributed by atoms with E-state index in [0.29, 0.717) is 23.4 Å². The fourth-order valence-electron chi connectivity index (χ4n) is 2.27. The molecule has 0 aliphatic carbocycles. The molecule has 0 aliphatic rings. The number of carbonyl (C=O) groups is 1. The third-order valence-corrected chi connectivity index (χ3v) is 4.99. The Hall–Kier alpha value is -2.85. The lowest BCUT2D eigenvalue weighted by atomic mass is 10.1. The molecule has 130 valence electrons. The largest absolute Gasteiger partial charge is 0.322 e. The van der Waals surface area contributed by atoms with Gasteiger partial charge in [0.15, 0.2) is 0 Å². The summed E-state index contributed by atoms with van der Waals surface area (Å²) in [6.45, 7) is 1.78. The Kier molecular flexibility index (Phi) is 5.45. The molecule has 0 saturated heterocycles. The molecule has 2 aromatic rings. The molecule has 0 radical (unpaired) electrons. The van der Waals surface area contributed by atoms with E-state index < -0.39 is 10.0 Å². The van der Waals surface area contributed by atoms with Crippen LogP contribution in [0.3, 0.4) is 0 Å². The molecule has 0 unspecified atom stereocenters. The van der Waals surface area contributed by atoms with E-state index in [1.807, 2.05) is 0 Å². The van der Waals surface area contributed by atoms with E-state index >= 15 is 0 Å². The summed E-state index contributed by atoms with van der Waals surface area (Å²) in [5.74, 6) is -0.337. The number of aryl methyl sites for hydroxylation is 1. The quantitative estimate of drug-likeness (QED) is 0.891. The van der Waals surface area contributed by atoms with Crippen LogP contribution < -0.4 is 9.62 Å². The van der Waals surface area contributed by atoms with Crippen molar-refractivity contribution < 1.29 is 13.2 Å².